The van der Waals surface area contributed by atoms with Crippen molar-refractivity contribution >= 4 is 22.6 Å². The maximum absolute atomic E-state index is 11.3. The molecule has 1 atom stereocenters. The van der Waals surface area contributed by atoms with E-state index in [4.69, 9.17) is 4.74 Å². The third-order valence-electron chi connectivity index (χ3n) is 3.20. The Morgan fingerprint density at radius 3 is 2.70 bits per heavy atom. The topological polar surface area (TPSA) is 71.5 Å². The summed E-state index contributed by atoms with van der Waals surface area (Å²) in [7, 11) is 1.59. The van der Waals surface area contributed by atoms with Crippen LogP contribution in [-0.2, 0) is 4.79 Å². The lowest BCUT2D eigenvalue weighted by Crippen LogP contribution is -2.34. The molecular weight excluding hydrogens is 256 g/mol. The van der Waals surface area contributed by atoms with Crippen LogP contribution >= 0.6 is 0 Å². The van der Waals surface area contributed by atoms with E-state index in [2.05, 4.69) is 10.3 Å². The molecular formula is C15H18N2O3. The number of benzene rings is 1. The molecule has 1 aromatic carbocycles. The van der Waals surface area contributed by atoms with Crippen molar-refractivity contribution in [2.45, 2.75) is 19.9 Å². The van der Waals surface area contributed by atoms with Gasteiger partial charge in [-0.25, -0.2) is 4.79 Å². The Morgan fingerprint density at radius 1 is 1.35 bits per heavy atom. The van der Waals surface area contributed by atoms with Crippen molar-refractivity contribution in [1.29, 1.82) is 0 Å². The number of anilines is 1. The van der Waals surface area contributed by atoms with Crippen molar-refractivity contribution in [3.8, 4) is 5.75 Å². The normalized spacial score (nSPS) is 12.4. The summed E-state index contributed by atoms with van der Waals surface area (Å²) < 4.78 is 5.28. The van der Waals surface area contributed by atoms with Gasteiger partial charge in [0, 0.05) is 17.3 Å². The predicted molar refractivity (Wildman–Crippen MR) is 78.2 cm³/mol. The molecule has 1 heterocycles. The zero-order valence-corrected chi connectivity index (χ0v) is 11.8. The Kier molecular flexibility index (Phi) is 4.08. The number of nitrogens with zero attached hydrogens (tertiary/aromatic N) is 1. The van der Waals surface area contributed by atoms with E-state index < -0.39 is 12.0 Å². The molecule has 0 amide bonds. The number of carboxylic acid groups (broad SMARTS) is 1. The summed E-state index contributed by atoms with van der Waals surface area (Å²) in [6.07, 6.45) is 1.65. The molecule has 1 aromatic heterocycles. The fourth-order valence-electron chi connectivity index (χ4n) is 2.12. The number of pyridine rings is 1. The van der Waals surface area contributed by atoms with Gasteiger partial charge in [-0.15, -0.1) is 0 Å². The first kappa shape index (κ1) is 14.1. The molecule has 0 saturated heterocycles. The van der Waals surface area contributed by atoms with E-state index in [1.807, 2.05) is 32.0 Å². The average Bonchev–Trinajstić information content (AvgIpc) is 2.43. The summed E-state index contributed by atoms with van der Waals surface area (Å²) in [5.41, 5.74) is 1.46. The number of hydrogen-bond donors (Lipinski definition) is 2. The Morgan fingerprint density at radius 2 is 2.10 bits per heavy atom. The smallest absolute Gasteiger partial charge is 0.326 e. The van der Waals surface area contributed by atoms with Crippen molar-refractivity contribution in [2.24, 2.45) is 5.92 Å². The first-order valence-electron chi connectivity index (χ1n) is 6.45. The van der Waals surface area contributed by atoms with E-state index >= 15 is 0 Å². The minimum atomic E-state index is -0.868. The van der Waals surface area contributed by atoms with Crippen LogP contribution in [0.1, 0.15) is 13.8 Å². The van der Waals surface area contributed by atoms with Crippen molar-refractivity contribution in [3.05, 3.63) is 30.5 Å². The summed E-state index contributed by atoms with van der Waals surface area (Å²) in [6.45, 7) is 3.74. The number of carboxylic acids is 1. The summed E-state index contributed by atoms with van der Waals surface area (Å²) in [5.74, 6) is -0.225. The Bertz CT molecular complexity index is 626. The van der Waals surface area contributed by atoms with Gasteiger partial charge in [0.2, 0.25) is 0 Å². The number of ether oxygens (including phenoxy) is 1. The number of nitrogens with one attached hydrogen (secondary N) is 1. The number of carbonyl (C=O) groups is 1. The Labute approximate surface area is 117 Å². The first-order valence-corrected chi connectivity index (χ1v) is 6.45. The first-order chi connectivity index (χ1) is 9.54. The Balaban J connectivity index is 2.47. The highest BCUT2D eigenvalue weighted by Gasteiger charge is 2.22. The quantitative estimate of drug-likeness (QED) is 0.877. The number of aromatic nitrogens is 1. The molecule has 2 rings (SSSR count). The highest BCUT2D eigenvalue weighted by Crippen LogP contribution is 2.29. The zero-order valence-electron chi connectivity index (χ0n) is 11.8. The van der Waals surface area contributed by atoms with Crippen LogP contribution < -0.4 is 10.1 Å². The highest BCUT2D eigenvalue weighted by molar-refractivity contribution is 5.95. The molecule has 2 aromatic rings. The highest BCUT2D eigenvalue weighted by atomic mass is 16.5. The van der Waals surface area contributed by atoms with Crippen molar-refractivity contribution < 1.29 is 14.6 Å². The van der Waals surface area contributed by atoms with Gasteiger partial charge in [0.1, 0.15) is 17.3 Å². The van der Waals surface area contributed by atoms with E-state index in [0.717, 1.165) is 11.1 Å². The van der Waals surface area contributed by atoms with Gasteiger partial charge in [-0.05, 0) is 18.1 Å². The summed E-state index contributed by atoms with van der Waals surface area (Å²) in [5, 5.41) is 13.2. The van der Waals surface area contributed by atoms with Gasteiger partial charge >= 0.3 is 5.97 Å². The fraction of sp³-hybridized carbons (Fsp3) is 0.333. The molecule has 5 nitrogen and oxygen atoms in total. The van der Waals surface area contributed by atoms with Gasteiger partial charge in [-0.1, -0.05) is 26.0 Å². The largest absolute Gasteiger partial charge is 0.494 e. The molecule has 0 aliphatic heterocycles. The lowest BCUT2D eigenvalue weighted by Gasteiger charge is -2.20. The van der Waals surface area contributed by atoms with Crippen LogP contribution in [0.25, 0.3) is 10.9 Å². The van der Waals surface area contributed by atoms with Crippen LogP contribution in [0.5, 0.6) is 5.75 Å². The third kappa shape index (κ3) is 2.66. The van der Waals surface area contributed by atoms with E-state index in [0.29, 0.717) is 11.3 Å². The van der Waals surface area contributed by atoms with E-state index in [-0.39, 0.29) is 5.92 Å². The second kappa shape index (κ2) is 5.77. The molecule has 5 heteroatoms. The summed E-state index contributed by atoms with van der Waals surface area (Å²) >= 11 is 0. The van der Waals surface area contributed by atoms with Crippen molar-refractivity contribution in [3.63, 3.8) is 0 Å². The van der Waals surface area contributed by atoms with Gasteiger partial charge in [-0.3, -0.25) is 4.98 Å². The van der Waals surface area contributed by atoms with Crippen molar-refractivity contribution in [1.82, 2.24) is 4.98 Å². The maximum atomic E-state index is 11.3. The summed E-state index contributed by atoms with van der Waals surface area (Å²) in [6, 6.07) is 6.72. The van der Waals surface area contributed by atoms with E-state index in [1.54, 1.807) is 19.4 Å². The van der Waals surface area contributed by atoms with Crippen LogP contribution in [-0.4, -0.2) is 29.2 Å². The summed E-state index contributed by atoms with van der Waals surface area (Å²) in [4.78, 5) is 15.6. The number of aliphatic carboxylic acids is 1. The lowest BCUT2D eigenvalue weighted by molar-refractivity contribution is -0.138. The molecule has 0 bridgehead atoms. The van der Waals surface area contributed by atoms with Crippen LogP contribution in [0.2, 0.25) is 0 Å². The minimum absolute atomic E-state index is 0.0266. The van der Waals surface area contributed by atoms with E-state index in [9.17, 15) is 9.90 Å². The monoisotopic (exact) mass is 274 g/mol. The standard InChI is InChI=1S/C15H18N2O3/c1-9(2)13(15(18)19)17-11-7-8-16-14-10(11)5-4-6-12(14)20-3/h4-9,13H,1-3H3,(H,16,17)(H,18,19)/t13-/m0/s1. The molecule has 106 valence electrons. The fourth-order valence-corrected chi connectivity index (χ4v) is 2.12. The van der Waals surface area contributed by atoms with Crippen LogP contribution in [0.4, 0.5) is 5.69 Å². The molecule has 0 unspecified atom stereocenters. The third-order valence-corrected chi connectivity index (χ3v) is 3.20. The van der Waals surface area contributed by atoms with Gasteiger partial charge in [0.15, 0.2) is 0 Å². The SMILES string of the molecule is COc1cccc2c(N[C@H](C(=O)O)C(C)C)ccnc12. The zero-order chi connectivity index (χ0) is 14.7. The maximum Gasteiger partial charge on any atom is 0.326 e. The van der Waals surface area contributed by atoms with Gasteiger partial charge < -0.3 is 15.2 Å². The molecule has 2 N–H and O–H groups in total. The van der Waals surface area contributed by atoms with Gasteiger partial charge in [0.25, 0.3) is 0 Å². The molecule has 0 aliphatic rings. The number of fused-ring (bicyclic) bond motifs is 1. The number of hydrogen-bond acceptors (Lipinski definition) is 4. The van der Waals surface area contributed by atoms with Crippen LogP contribution in [0.3, 0.4) is 0 Å². The van der Waals surface area contributed by atoms with Gasteiger partial charge in [0.05, 0.1) is 7.11 Å². The molecule has 0 fully saturated rings. The minimum Gasteiger partial charge on any atom is -0.494 e. The molecule has 0 aliphatic carbocycles. The Hall–Kier alpha value is -2.30. The molecule has 20 heavy (non-hydrogen) atoms. The molecule has 0 spiro atoms. The molecule has 0 radical (unpaired) electrons. The average molecular weight is 274 g/mol. The second-order valence-electron chi connectivity index (χ2n) is 4.92. The van der Waals surface area contributed by atoms with Crippen molar-refractivity contribution in [2.75, 3.05) is 12.4 Å². The van der Waals surface area contributed by atoms with E-state index in [1.165, 1.54) is 0 Å². The van der Waals surface area contributed by atoms with Crippen LogP contribution in [0, 0.1) is 5.92 Å². The number of rotatable bonds is 5. The number of para-hydroxylation sites is 1. The predicted octanol–water partition coefficient (Wildman–Crippen LogP) is 2.76. The van der Waals surface area contributed by atoms with Crippen LogP contribution in [0.15, 0.2) is 30.5 Å². The lowest BCUT2D eigenvalue weighted by atomic mass is 10.0. The molecule has 0 saturated carbocycles. The number of methoxy groups -OCH3 is 1. The van der Waals surface area contributed by atoms with Gasteiger partial charge in [-0.2, -0.15) is 0 Å². The second-order valence-corrected chi connectivity index (χ2v) is 4.92.